The number of benzene rings is 1. The van der Waals surface area contributed by atoms with Crippen LogP contribution in [-0.4, -0.2) is 46.5 Å². The highest BCUT2D eigenvalue weighted by molar-refractivity contribution is 14.0. The van der Waals surface area contributed by atoms with E-state index in [1.807, 2.05) is 36.6 Å². The van der Waals surface area contributed by atoms with Gasteiger partial charge in [0.2, 0.25) is 0 Å². The monoisotopic (exact) mass is 501 g/mol. The molecule has 0 radical (unpaired) electrons. The first kappa shape index (κ1) is 23.8. The van der Waals surface area contributed by atoms with Crippen molar-refractivity contribution >= 4 is 41.7 Å². The molecule has 1 heterocycles. The normalized spacial score (nSPS) is 12.6. The molecular weight excluding hydrogens is 469 g/mol. The van der Waals surface area contributed by atoms with Gasteiger partial charge in [0, 0.05) is 56.1 Å². The Morgan fingerprint density at radius 2 is 1.93 bits per heavy atom. The van der Waals surface area contributed by atoms with Crippen molar-refractivity contribution in [2.75, 3.05) is 20.6 Å². The van der Waals surface area contributed by atoms with Crippen molar-refractivity contribution in [1.29, 1.82) is 0 Å². The number of aromatic nitrogens is 2. The molecule has 0 amide bonds. The lowest BCUT2D eigenvalue weighted by atomic mass is 10.1. The summed E-state index contributed by atoms with van der Waals surface area (Å²) in [5.41, 5.74) is 2.41. The van der Waals surface area contributed by atoms with E-state index in [1.165, 1.54) is 10.5 Å². The van der Waals surface area contributed by atoms with Crippen LogP contribution in [0.1, 0.15) is 37.9 Å². The zero-order chi connectivity index (χ0) is 19.1. The summed E-state index contributed by atoms with van der Waals surface area (Å²) < 4.78 is 1.90. The average Bonchev–Trinajstić information content (AvgIpc) is 2.97. The molecule has 1 N–H and O–H groups in total. The van der Waals surface area contributed by atoms with Crippen LogP contribution in [0.25, 0.3) is 0 Å². The van der Waals surface area contributed by atoms with Crippen LogP contribution in [0.4, 0.5) is 0 Å². The minimum absolute atomic E-state index is 0. The Labute approximate surface area is 185 Å². The van der Waals surface area contributed by atoms with E-state index < -0.39 is 0 Å². The summed E-state index contributed by atoms with van der Waals surface area (Å²) in [6.07, 6.45) is 2.10. The third kappa shape index (κ3) is 7.37. The summed E-state index contributed by atoms with van der Waals surface area (Å²) in [5.74, 6) is 1.32. The number of hydrogen-bond donors (Lipinski definition) is 1. The zero-order valence-electron chi connectivity index (χ0n) is 17.1. The molecule has 2 aromatic rings. The molecule has 0 fully saturated rings. The lowest BCUT2D eigenvalue weighted by Gasteiger charge is -2.23. The largest absolute Gasteiger partial charge is 0.355 e. The maximum atomic E-state index is 4.60. The number of rotatable bonds is 7. The summed E-state index contributed by atoms with van der Waals surface area (Å²) >= 11 is 1.87. The third-order valence-corrected chi connectivity index (χ3v) is 5.21. The zero-order valence-corrected chi connectivity index (χ0v) is 20.3. The van der Waals surface area contributed by atoms with E-state index in [9.17, 15) is 0 Å². The fourth-order valence-electron chi connectivity index (χ4n) is 2.89. The highest BCUT2D eigenvalue weighted by Gasteiger charge is 2.15. The van der Waals surface area contributed by atoms with Crippen molar-refractivity contribution in [1.82, 2.24) is 20.0 Å². The molecule has 1 aromatic heterocycles. The molecule has 1 atom stereocenters. The first-order valence-corrected chi connectivity index (χ1v) is 9.94. The Bertz CT molecular complexity index is 714. The van der Waals surface area contributed by atoms with Crippen molar-refractivity contribution in [3.63, 3.8) is 0 Å². The summed E-state index contributed by atoms with van der Waals surface area (Å²) in [4.78, 5) is 7.89. The van der Waals surface area contributed by atoms with Crippen LogP contribution in [0, 0.1) is 0 Å². The predicted molar refractivity (Wildman–Crippen MR) is 127 cm³/mol. The van der Waals surface area contributed by atoms with Gasteiger partial charge >= 0.3 is 0 Å². The van der Waals surface area contributed by atoms with Crippen molar-refractivity contribution in [2.24, 2.45) is 12.0 Å². The van der Waals surface area contributed by atoms with E-state index >= 15 is 0 Å². The van der Waals surface area contributed by atoms with E-state index in [0.29, 0.717) is 11.2 Å². The molecule has 2 rings (SSSR count). The molecule has 150 valence electrons. The first-order chi connectivity index (χ1) is 12.4. The average molecular weight is 501 g/mol. The van der Waals surface area contributed by atoms with E-state index in [2.05, 4.69) is 78.6 Å². The minimum Gasteiger partial charge on any atom is -0.355 e. The van der Waals surface area contributed by atoms with Gasteiger partial charge in [-0.1, -0.05) is 39.0 Å². The number of guanidine groups is 1. The van der Waals surface area contributed by atoms with Crippen LogP contribution in [0.3, 0.4) is 0 Å². The number of hydrogen-bond acceptors (Lipinski definition) is 3. The van der Waals surface area contributed by atoms with Gasteiger partial charge in [0.05, 0.1) is 5.69 Å². The Morgan fingerprint density at radius 1 is 1.26 bits per heavy atom. The van der Waals surface area contributed by atoms with Crippen molar-refractivity contribution in [3.8, 4) is 0 Å². The van der Waals surface area contributed by atoms with Crippen LogP contribution in [0.15, 0.2) is 46.4 Å². The summed E-state index contributed by atoms with van der Waals surface area (Å²) in [6.45, 7) is 8.25. The van der Waals surface area contributed by atoms with Crippen LogP contribution in [0.5, 0.6) is 0 Å². The van der Waals surface area contributed by atoms with Gasteiger partial charge in [-0.15, -0.1) is 35.7 Å². The number of thioether (sulfide) groups is 1. The molecular formula is C20H32IN5S. The fourth-order valence-corrected chi connectivity index (χ4v) is 3.83. The van der Waals surface area contributed by atoms with Crippen LogP contribution < -0.4 is 5.32 Å². The highest BCUT2D eigenvalue weighted by atomic mass is 127. The maximum Gasteiger partial charge on any atom is 0.193 e. The van der Waals surface area contributed by atoms with Crippen molar-refractivity contribution < 1.29 is 0 Å². The SMILES string of the molecule is CN=C(NCC(C)Sc1ccccc1)N(C)Cc1cn(C)nc1C(C)C.I. The molecule has 5 nitrogen and oxygen atoms in total. The second-order valence-electron chi connectivity index (χ2n) is 6.89. The van der Waals surface area contributed by atoms with Gasteiger partial charge in [-0.3, -0.25) is 9.67 Å². The van der Waals surface area contributed by atoms with Gasteiger partial charge in [0.25, 0.3) is 0 Å². The molecule has 7 heteroatoms. The minimum atomic E-state index is 0. The van der Waals surface area contributed by atoms with Crippen LogP contribution in [-0.2, 0) is 13.6 Å². The highest BCUT2D eigenvalue weighted by Crippen LogP contribution is 2.22. The standard InChI is InChI=1S/C20H31N5S.HI/c1-15(2)19-17(14-25(6)23-19)13-24(5)20(21-4)22-12-16(3)26-18-10-8-7-9-11-18;/h7-11,14-16H,12-13H2,1-6H3,(H,21,22);1H. The first-order valence-electron chi connectivity index (χ1n) is 9.06. The summed E-state index contributed by atoms with van der Waals surface area (Å²) in [5, 5.41) is 8.54. The number of nitrogens with zero attached hydrogens (tertiary/aromatic N) is 4. The molecule has 0 aliphatic rings. The lowest BCUT2D eigenvalue weighted by molar-refractivity contribution is 0.474. The second-order valence-corrected chi connectivity index (χ2v) is 8.41. The molecule has 0 bridgehead atoms. The van der Waals surface area contributed by atoms with E-state index in [-0.39, 0.29) is 24.0 Å². The van der Waals surface area contributed by atoms with Crippen molar-refractivity contribution in [3.05, 3.63) is 47.8 Å². The van der Waals surface area contributed by atoms with E-state index in [1.54, 1.807) is 0 Å². The fraction of sp³-hybridized carbons (Fsp3) is 0.500. The number of nitrogens with one attached hydrogen (secondary N) is 1. The number of aliphatic imine (C=N–C) groups is 1. The number of aryl methyl sites for hydroxylation is 1. The van der Waals surface area contributed by atoms with E-state index in [0.717, 1.165) is 24.7 Å². The molecule has 0 saturated carbocycles. The van der Waals surface area contributed by atoms with Gasteiger partial charge in [0.15, 0.2) is 5.96 Å². The number of halogens is 1. The molecule has 0 spiro atoms. The van der Waals surface area contributed by atoms with Gasteiger partial charge in [0.1, 0.15) is 0 Å². The molecule has 0 saturated heterocycles. The Balaban J connectivity index is 0.00000364. The van der Waals surface area contributed by atoms with Gasteiger partial charge in [-0.25, -0.2) is 0 Å². The summed E-state index contributed by atoms with van der Waals surface area (Å²) in [7, 11) is 5.88. The van der Waals surface area contributed by atoms with E-state index in [4.69, 9.17) is 0 Å². The summed E-state index contributed by atoms with van der Waals surface area (Å²) in [6, 6.07) is 10.5. The van der Waals surface area contributed by atoms with Crippen LogP contribution >= 0.6 is 35.7 Å². The molecule has 27 heavy (non-hydrogen) atoms. The second kappa shape index (κ2) is 11.6. The Kier molecular flexibility index (Phi) is 10.2. The molecule has 0 aliphatic heterocycles. The quantitative estimate of drug-likeness (QED) is 0.265. The molecule has 1 aromatic carbocycles. The van der Waals surface area contributed by atoms with Crippen molar-refractivity contribution in [2.45, 2.75) is 43.4 Å². The van der Waals surface area contributed by atoms with Gasteiger partial charge < -0.3 is 10.2 Å². The molecule has 1 unspecified atom stereocenters. The topological polar surface area (TPSA) is 45.5 Å². The molecule has 0 aliphatic carbocycles. The maximum absolute atomic E-state index is 4.60. The van der Waals surface area contributed by atoms with Gasteiger partial charge in [-0.2, -0.15) is 5.10 Å². The Morgan fingerprint density at radius 3 is 2.52 bits per heavy atom. The van der Waals surface area contributed by atoms with Gasteiger partial charge in [-0.05, 0) is 18.1 Å². The third-order valence-electron chi connectivity index (χ3n) is 4.09. The van der Waals surface area contributed by atoms with Crippen LogP contribution in [0.2, 0.25) is 0 Å². The predicted octanol–water partition coefficient (Wildman–Crippen LogP) is 4.35. The smallest absolute Gasteiger partial charge is 0.193 e. The lowest BCUT2D eigenvalue weighted by Crippen LogP contribution is -2.41. The Hall–Kier alpha value is -1.22.